The zero-order chi connectivity index (χ0) is 15.1. The third kappa shape index (κ3) is 4.72. The fourth-order valence-electron chi connectivity index (χ4n) is 1.60. The highest BCUT2D eigenvalue weighted by Crippen LogP contribution is 2.11. The van der Waals surface area contributed by atoms with E-state index in [1.54, 1.807) is 48.5 Å². The summed E-state index contributed by atoms with van der Waals surface area (Å²) in [4.78, 5) is 23.3. The number of esters is 2. The Morgan fingerprint density at radius 1 is 0.762 bits per heavy atom. The molecule has 0 amide bonds. The second-order valence-electron chi connectivity index (χ2n) is 4.14. The van der Waals surface area contributed by atoms with Crippen molar-refractivity contribution >= 4 is 27.9 Å². The maximum Gasteiger partial charge on any atom is 0.338 e. The molecule has 4 nitrogen and oxygen atoms in total. The molecule has 21 heavy (non-hydrogen) atoms. The predicted molar refractivity (Wildman–Crippen MR) is 81.1 cm³/mol. The number of ether oxygens (including phenoxy) is 2. The van der Waals surface area contributed by atoms with E-state index in [4.69, 9.17) is 9.47 Å². The summed E-state index contributed by atoms with van der Waals surface area (Å²) in [7, 11) is 0. The highest BCUT2D eigenvalue weighted by Gasteiger charge is 2.08. The van der Waals surface area contributed by atoms with E-state index in [0.717, 1.165) is 4.47 Å². The molecule has 0 aliphatic rings. The first-order chi connectivity index (χ1) is 10.2. The van der Waals surface area contributed by atoms with Crippen LogP contribution in [0, 0.1) is 0 Å². The van der Waals surface area contributed by atoms with Gasteiger partial charge in [-0.3, -0.25) is 0 Å². The van der Waals surface area contributed by atoms with Gasteiger partial charge in [0, 0.05) is 4.47 Å². The summed E-state index contributed by atoms with van der Waals surface area (Å²) in [5.41, 5.74) is 0.921. The topological polar surface area (TPSA) is 52.6 Å². The molecule has 0 bridgehead atoms. The van der Waals surface area contributed by atoms with Gasteiger partial charge in [-0.05, 0) is 36.4 Å². The van der Waals surface area contributed by atoms with E-state index in [1.807, 2.05) is 6.07 Å². The van der Waals surface area contributed by atoms with Crippen LogP contribution < -0.4 is 0 Å². The minimum atomic E-state index is -0.446. The van der Waals surface area contributed by atoms with E-state index in [9.17, 15) is 9.59 Å². The van der Waals surface area contributed by atoms with E-state index in [1.165, 1.54) is 0 Å². The molecule has 0 fully saturated rings. The third-order valence-corrected chi connectivity index (χ3v) is 3.17. The van der Waals surface area contributed by atoms with Crippen molar-refractivity contribution in [2.75, 3.05) is 13.2 Å². The first-order valence-corrected chi connectivity index (χ1v) is 7.11. The van der Waals surface area contributed by atoms with Crippen LogP contribution in [-0.2, 0) is 9.47 Å². The summed E-state index contributed by atoms with van der Waals surface area (Å²) in [5, 5.41) is 0. The summed E-state index contributed by atoms with van der Waals surface area (Å²) in [6.45, 7) is 0.0451. The van der Waals surface area contributed by atoms with Crippen molar-refractivity contribution < 1.29 is 19.1 Å². The minimum absolute atomic E-state index is 0.0213. The Hall–Kier alpha value is -2.14. The van der Waals surface area contributed by atoms with Gasteiger partial charge < -0.3 is 9.47 Å². The van der Waals surface area contributed by atoms with E-state index in [-0.39, 0.29) is 13.2 Å². The Kier molecular flexibility index (Phi) is 5.51. The van der Waals surface area contributed by atoms with Crippen LogP contribution in [0.15, 0.2) is 59.1 Å². The predicted octanol–water partition coefficient (Wildman–Crippen LogP) is 3.46. The van der Waals surface area contributed by atoms with Crippen LogP contribution in [0.1, 0.15) is 20.7 Å². The van der Waals surface area contributed by atoms with Crippen LogP contribution in [0.2, 0.25) is 0 Å². The maximum absolute atomic E-state index is 11.7. The number of benzene rings is 2. The summed E-state index contributed by atoms with van der Waals surface area (Å²) in [5.74, 6) is -0.881. The molecule has 0 radical (unpaired) electrons. The van der Waals surface area contributed by atoms with Crippen LogP contribution >= 0.6 is 15.9 Å². The monoisotopic (exact) mass is 348 g/mol. The van der Waals surface area contributed by atoms with Crippen LogP contribution in [-0.4, -0.2) is 25.2 Å². The molecule has 0 aliphatic carbocycles. The maximum atomic E-state index is 11.7. The number of rotatable bonds is 5. The van der Waals surface area contributed by atoms with Gasteiger partial charge in [0.15, 0.2) is 0 Å². The van der Waals surface area contributed by atoms with Crippen molar-refractivity contribution in [1.82, 2.24) is 0 Å². The molecule has 0 atom stereocenters. The first kappa shape index (κ1) is 15.3. The Balaban J connectivity index is 1.73. The van der Waals surface area contributed by atoms with Gasteiger partial charge in [0.2, 0.25) is 0 Å². The van der Waals surface area contributed by atoms with E-state index in [0.29, 0.717) is 11.1 Å². The average Bonchev–Trinajstić information content (AvgIpc) is 2.52. The Bertz CT molecular complexity index is 608. The van der Waals surface area contributed by atoms with Crippen molar-refractivity contribution in [2.45, 2.75) is 0 Å². The van der Waals surface area contributed by atoms with Crippen molar-refractivity contribution in [2.24, 2.45) is 0 Å². The zero-order valence-corrected chi connectivity index (χ0v) is 12.7. The molecule has 0 heterocycles. The van der Waals surface area contributed by atoms with Crippen molar-refractivity contribution in [3.8, 4) is 0 Å². The van der Waals surface area contributed by atoms with E-state index >= 15 is 0 Å². The lowest BCUT2D eigenvalue weighted by molar-refractivity contribution is 0.0265. The Labute approximate surface area is 130 Å². The second-order valence-corrected chi connectivity index (χ2v) is 5.06. The Morgan fingerprint density at radius 3 is 1.76 bits per heavy atom. The normalized spacial score (nSPS) is 9.95. The van der Waals surface area contributed by atoms with E-state index in [2.05, 4.69) is 15.9 Å². The SMILES string of the molecule is O=C(OCCOC(=O)c1ccc(Br)cc1)c1ccccc1. The molecule has 0 N–H and O–H groups in total. The summed E-state index contributed by atoms with van der Waals surface area (Å²) < 4.78 is 10.9. The second kappa shape index (κ2) is 7.59. The molecular formula is C16H13BrO4. The van der Waals surface area contributed by atoms with Gasteiger partial charge in [-0.2, -0.15) is 0 Å². The van der Waals surface area contributed by atoms with Gasteiger partial charge in [0.05, 0.1) is 11.1 Å². The largest absolute Gasteiger partial charge is 0.458 e. The van der Waals surface area contributed by atoms with Crippen LogP contribution in [0.5, 0.6) is 0 Å². The van der Waals surface area contributed by atoms with E-state index < -0.39 is 11.9 Å². The van der Waals surface area contributed by atoms with Crippen molar-refractivity contribution in [3.63, 3.8) is 0 Å². The molecule has 2 aromatic rings. The lowest BCUT2D eigenvalue weighted by Crippen LogP contribution is -2.14. The molecule has 0 unspecified atom stereocenters. The lowest BCUT2D eigenvalue weighted by atomic mass is 10.2. The number of carbonyl (C=O) groups is 2. The number of hydrogen-bond donors (Lipinski definition) is 0. The number of hydrogen-bond acceptors (Lipinski definition) is 4. The molecule has 0 saturated heterocycles. The lowest BCUT2D eigenvalue weighted by Gasteiger charge is -2.06. The van der Waals surface area contributed by atoms with Gasteiger partial charge in [-0.15, -0.1) is 0 Å². The smallest absolute Gasteiger partial charge is 0.338 e. The summed E-state index contributed by atoms with van der Waals surface area (Å²) >= 11 is 3.29. The van der Waals surface area contributed by atoms with Gasteiger partial charge in [-0.1, -0.05) is 34.1 Å². The molecule has 108 valence electrons. The zero-order valence-electron chi connectivity index (χ0n) is 11.1. The van der Waals surface area contributed by atoms with Crippen LogP contribution in [0.25, 0.3) is 0 Å². The first-order valence-electron chi connectivity index (χ1n) is 6.31. The highest BCUT2D eigenvalue weighted by molar-refractivity contribution is 9.10. The fourth-order valence-corrected chi connectivity index (χ4v) is 1.86. The third-order valence-electron chi connectivity index (χ3n) is 2.64. The van der Waals surface area contributed by atoms with Crippen molar-refractivity contribution in [1.29, 1.82) is 0 Å². The van der Waals surface area contributed by atoms with Gasteiger partial charge >= 0.3 is 11.9 Å². The highest BCUT2D eigenvalue weighted by atomic mass is 79.9. The molecule has 0 spiro atoms. The molecular weight excluding hydrogens is 336 g/mol. The average molecular weight is 349 g/mol. The molecule has 0 saturated carbocycles. The molecule has 5 heteroatoms. The number of carbonyl (C=O) groups excluding carboxylic acids is 2. The van der Waals surface area contributed by atoms with Crippen LogP contribution in [0.4, 0.5) is 0 Å². The fraction of sp³-hybridized carbons (Fsp3) is 0.125. The molecule has 2 aromatic carbocycles. The summed E-state index contributed by atoms with van der Waals surface area (Å²) in [6, 6.07) is 15.5. The van der Waals surface area contributed by atoms with Crippen LogP contribution in [0.3, 0.4) is 0 Å². The molecule has 0 aromatic heterocycles. The standard InChI is InChI=1S/C16H13BrO4/c17-14-8-6-13(7-9-14)16(19)21-11-10-20-15(18)12-4-2-1-3-5-12/h1-9H,10-11H2. The van der Waals surface area contributed by atoms with Gasteiger partial charge in [0.1, 0.15) is 13.2 Å². The minimum Gasteiger partial charge on any atom is -0.458 e. The molecule has 0 aliphatic heterocycles. The summed E-state index contributed by atoms with van der Waals surface area (Å²) in [6.07, 6.45) is 0. The van der Waals surface area contributed by atoms with Gasteiger partial charge in [0.25, 0.3) is 0 Å². The number of halogens is 1. The van der Waals surface area contributed by atoms with Crippen molar-refractivity contribution in [3.05, 3.63) is 70.2 Å². The Morgan fingerprint density at radius 2 is 1.24 bits per heavy atom. The van der Waals surface area contributed by atoms with Gasteiger partial charge in [-0.25, -0.2) is 9.59 Å². The quantitative estimate of drug-likeness (QED) is 0.613. The molecule has 2 rings (SSSR count).